The maximum absolute atomic E-state index is 13.6. The average molecular weight is 343 g/mol. The van der Waals surface area contributed by atoms with E-state index >= 15 is 0 Å². The van der Waals surface area contributed by atoms with Crippen molar-refractivity contribution in [2.75, 3.05) is 0 Å². The van der Waals surface area contributed by atoms with E-state index < -0.39 is 11.9 Å². The molecule has 0 spiro atoms. The number of nitrogens with zero attached hydrogens (tertiary/aromatic N) is 1. The van der Waals surface area contributed by atoms with Crippen LogP contribution in [-0.4, -0.2) is 4.98 Å². The van der Waals surface area contributed by atoms with Gasteiger partial charge in [0.2, 0.25) is 11.9 Å². The second-order valence-corrected chi connectivity index (χ2v) is 7.33. The Balaban J connectivity index is 1.54. The summed E-state index contributed by atoms with van der Waals surface area (Å²) < 4.78 is 26.4. The molecule has 3 heteroatoms. The number of aromatic nitrogens is 1. The summed E-state index contributed by atoms with van der Waals surface area (Å²) in [6.07, 6.45) is 9.28. The molecule has 3 rings (SSSR count). The minimum absolute atomic E-state index is 0.472. The molecule has 1 aromatic heterocycles. The van der Waals surface area contributed by atoms with Gasteiger partial charge in [-0.25, -0.2) is 0 Å². The topological polar surface area (TPSA) is 12.9 Å². The van der Waals surface area contributed by atoms with Crippen molar-refractivity contribution in [3.8, 4) is 0 Å². The van der Waals surface area contributed by atoms with E-state index in [1.807, 2.05) is 0 Å². The van der Waals surface area contributed by atoms with Crippen LogP contribution >= 0.6 is 0 Å². The van der Waals surface area contributed by atoms with Gasteiger partial charge in [-0.1, -0.05) is 44.0 Å². The highest BCUT2D eigenvalue weighted by Crippen LogP contribution is 2.37. The van der Waals surface area contributed by atoms with Gasteiger partial charge in [0.15, 0.2) is 0 Å². The highest BCUT2D eigenvalue weighted by atomic mass is 19.1. The van der Waals surface area contributed by atoms with E-state index in [-0.39, 0.29) is 0 Å². The first-order valence-corrected chi connectivity index (χ1v) is 9.55. The van der Waals surface area contributed by atoms with E-state index in [0.717, 1.165) is 12.3 Å². The Morgan fingerprint density at radius 1 is 0.920 bits per heavy atom. The highest BCUT2D eigenvalue weighted by molar-refractivity contribution is 5.27. The van der Waals surface area contributed by atoms with Crippen molar-refractivity contribution in [1.82, 2.24) is 4.98 Å². The molecule has 1 aromatic carbocycles. The fraction of sp³-hybridized carbons (Fsp3) is 0.500. The lowest BCUT2D eigenvalue weighted by Gasteiger charge is -2.28. The Bertz CT molecular complexity index is 673. The zero-order valence-corrected chi connectivity index (χ0v) is 15.0. The van der Waals surface area contributed by atoms with Crippen LogP contribution in [0.2, 0.25) is 0 Å². The number of halogens is 2. The maximum atomic E-state index is 13.6. The fourth-order valence-electron chi connectivity index (χ4n) is 4.06. The van der Waals surface area contributed by atoms with Crippen LogP contribution in [-0.2, 0) is 12.8 Å². The van der Waals surface area contributed by atoms with Crippen molar-refractivity contribution in [3.63, 3.8) is 0 Å². The van der Waals surface area contributed by atoms with E-state index in [0.29, 0.717) is 17.9 Å². The lowest BCUT2D eigenvalue weighted by molar-refractivity contribution is 0.308. The molecule has 0 bridgehead atoms. The van der Waals surface area contributed by atoms with Gasteiger partial charge in [-0.3, -0.25) is 0 Å². The Kier molecular flexibility index (Phi) is 6.17. The Labute approximate surface area is 149 Å². The van der Waals surface area contributed by atoms with E-state index in [9.17, 15) is 8.78 Å². The van der Waals surface area contributed by atoms with Crippen LogP contribution in [0.1, 0.15) is 68.1 Å². The van der Waals surface area contributed by atoms with Crippen LogP contribution in [0.25, 0.3) is 0 Å². The third kappa shape index (κ3) is 4.87. The molecule has 0 aliphatic heterocycles. The molecule has 1 heterocycles. The summed E-state index contributed by atoms with van der Waals surface area (Å²) in [6.45, 7) is 2.28. The van der Waals surface area contributed by atoms with Gasteiger partial charge in [0.1, 0.15) is 0 Å². The molecule has 25 heavy (non-hydrogen) atoms. The van der Waals surface area contributed by atoms with Gasteiger partial charge >= 0.3 is 0 Å². The Morgan fingerprint density at radius 3 is 2.28 bits per heavy atom. The summed E-state index contributed by atoms with van der Waals surface area (Å²) in [5.41, 5.74) is 3.10. The predicted molar refractivity (Wildman–Crippen MR) is 97.6 cm³/mol. The van der Waals surface area contributed by atoms with E-state index in [1.54, 1.807) is 0 Å². The standard InChI is InChI=1S/C22H27F2N/c1-2-3-16-4-9-18(10-5-16)19-11-6-17(7-12-19)8-13-20-14-15-21(23)25-22(20)24/h6-7,11-12,14-16,18H,2-5,8-10,13H2,1H3/t16-,18-. The largest absolute Gasteiger partial charge is 0.218 e. The smallest absolute Gasteiger partial charge is 0.190 e. The average Bonchev–Trinajstić information content (AvgIpc) is 2.62. The zero-order valence-electron chi connectivity index (χ0n) is 15.0. The molecule has 1 aliphatic rings. The number of pyridine rings is 1. The molecular weight excluding hydrogens is 316 g/mol. The molecule has 1 nitrogen and oxygen atoms in total. The number of hydrogen-bond acceptors (Lipinski definition) is 1. The van der Waals surface area contributed by atoms with Gasteiger partial charge in [0, 0.05) is 5.56 Å². The van der Waals surface area contributed by atoms with E-state index in [2.05, 4.69) is 36.2 Å². The van der Waals surface area contributed by atoms with Crippen molar-refractivity contribution in [1.29, 1.82) is 0 Å². The summed E-state index contributed by atoms with van der Waals surface area (Å²) in [6, 6.07) is 11.5. The zero-order chi connectivity index (χ0) is 17.6. The van der Waals surface area contributed by atoms with Crippen molar-refractivity contribution >= 4 is 0 Å². The van der Waals surface area contributed by atoms with Crippen molar-refractivity contribution in [3.05, 3.63) is 65.0 Å². The normalized spacial score (nSPS) is 20.6. The first-order valence-electron chi connectivity index (χ1n) is 9.55. The summed E-state index contributed by atoms with van der Waals surface area (Å²) >= 11 is 0. The van der Waals surface area contributed by atoms with Crippen LogP contribution < -0.4 is 0 Å². The minimum Gasteiger partial charge on any atom is -0.190 e. The van der Waals surface area contributed by atoms with Gasteiger partial charge in [0.05, 0.1) is 0 Å². The maximum Gasteiger partial charge on any atom is 0.218 e. The molecule has 0 atom stereocenters. The molecule has 1 fully saturated rings. The van der Waals surface area contributed by atoms with Crippen LogP contribution in [0.3, 0.4) is 0 Å². The fourth-order valence-corrected chi connectivity index (χ4v) is 4.06. The summed E-state index contributed by atoms with van der Waals surface area (Å²) in [5.74, 6) is 0.167. The van der Waals surface area contributed by atoms with Gasteiger partial charge in [-0.2, -0.15) is 13.8 Å². The molecule has 1 aliphatic carbocycles. The second kappa shape index (κ2) is 8.55. The van der Waals surface area contributed by atoms with Gasteiger partial charge in [-0.05, 0) is 73.6 Å². The summed E-state index contributed by atoms with van der Waals surface area (Å²) in [4.78, 5) is 3.25. The van der Waals surface area contributed by atoms with Gasteiger partial charge in [0.25, 0.3) is 0 Å². The van der Waals surface area contributed by atoms with Crippen LogP contribution in [0.5, 0.6) is 0 Å². The number of hydrogen-bond donors (Lipinski definition) is 0. The first kappa shape index (κ1) is 18.0. The molecule has 0 N–H and O–H groups in total. The molecule has 0 radical (unpaired) electrons. The van der Waals surface area contributed by atoms with Crippen LogP contribution in [0.15, 0.2) is 36.4 Å². The van der Waals surface area contributed by atoms with E-state index in [1.165, 1.54) is 61.8 Å². The second-order valence-electron chi connectivity index (χ2n) is 7.33. The number of aryl methyl sites for hydroxylation is 2. The third-order valence-corrected chi connectivity index (χ3v) is 5.57. The molecule has 2 aromatic rings. The molecular formula is C22H27F2N. The molecule has 0 unspecified atom stereocenters. The lowest BCUT2D eigenvalue weighted by Crippen LogP contribution is -2.13. The van der Waals surface area contributed by atoms with Crippen LogP contribution in [0.4, 0.5) is 8.78 Å². The Morgan fingerprint density at radius 2 is 1.64 bits per heavy atom. The predicted octanol–water partition coefficient (Wildman–Crippen LogP) is 6.22. The molecule has 0 saturated heterocycles. The van der Waals surface area contributed by atoms with Crippen LogP contribution in [0, 0.1) is 17.8 Å². The molecule has 134 valence electrons. The van der Waals surface area contributed by atoms with E-state index in [4.69, 9.17) is 0 Å². The Hall–Kier alpha value is -1.77. The molecule has 0 amide bonds. The number of benzene rings is 1. The minimum atomic E-state index is -0.765. The van der Waals surface area contributed by atoms with Gasteiger partial charge in [-0.15, -0.1) is 0 Å². The SMILES string of the molecule is CCC[C@H]1CC[C@H](c2ccc(CCc3ccc(F)nc3F)cc2)CC1. The molecule has 1 saturated carbocycles. The van der Waals surface area contributed by atoms with Crippen molar-refractivity contribution < 1.29 is 8.78 Å². The third-order valence-electron chi connectivity index (χ3n) is 5.57. The monoisotopic (exact) mass is 343 g/mol. The highest BCUT2D eigenvalue weighted by Gasteiger charge is 2.21. The van der Waals surface area contributed by atoms with Crippen molar-refractivity contribution in [2.24, 2.45) is 5.92 Å². The van der Waals surface area contributed by atoms with Crippen molar-refractivity contribution in [2.45, 2.75) is 64.2 Å². The number of rotatable bonds is 6. The summed E-state index contributed by atoms with van der Waals surface area (Å²) in [7, 11) is 0. The quantitative estimate of drug-likeness (QED) is 0.567. The van der Waals surface area contributed by atoms with Gasteiger partial charge < -0.3 is 0 Å². The summed E-state index contributed by atoms with van der Waals surface area (Å²) in [5, 5.41) is 0. The lowest BCUT2D eigenvalue weighted by atomic mass is 9.77. The first-order chi connectivity index (χ1) is 12.2.